The largest absolute Gasteiger partial charge is 0.326 e. The smallest absolute Gasteiger partial charge is 0.221 e. The number of nitrogens with one attached hydrogen (secondary N) is 2. The van der Waals surface area contributed by atoms with Crippen molar-refractivity contribution in [3.05, 3.63) is 28.6 Å². The Hall–Kier alpha value is -2.24. The van der Waals surface area contributed by atoms with Crippen LogP contribution in [0.1, 0.15) is 55.6 Å². The van der Waals surface area contributed by atoms with Crippen molar-refractivity contribution in [1.29, 1.82) is 0 Å². The molecule has 1 aromatic rings. The molecule has 0 saturated heterocycles. The summed E-state index contributed by atoms with van der Waals surface area (Å²) in [6.45, 7) is 8.43. The number of anilines is 1. The maximum Gasteiger partial charge on any atom is 0.221 e. The van der Waals surface area contributed by atoms with Gasteiger partial charge in [0.2, 0.25) is 5.91 Å². The molecular weight excluding hydrogens is 297 g/mol. The van der Waals surface area contributed by atoms with Crippen LogP contribution in [0.25, 0.3) is 0 Å². The summed E-state index contributed by atoms with van der Waals surface area (Å²) in [4.78, 5) is 24.4. The van der Waals surface area contributed by atoms with E-state index in [2.05, 4.69) is 15.8 Å². The maximum atomic E-state index is 14.1. The molecule has 0 saturated carbocycles. The third kappa shape index (κ3) is 3.25. The number of nitrogens with zero attached hydrogens (tertiary/aromatic N) is 1. The Kier molecular flexibility index (Phi) is 4.54. The molecule has 1 unspecified atom stereocenters. The highest BCUT2D eigenvalue weighted by atomic mass is 19.1. The van der Waals surface area contributed by atoms with Crippen molar-refractivity contribution in [2.24, 2.45) is 5.10 Å². The second-order valence-electron chi connectivity index (χ2n) is 6.40. The Bertz CT molecular complexity index is 708. The van der Waals surface area contributed by atoms with Gasteiger partial charge in [0.1, 0.15) is 11.4 Å². The van der Waals surface area contributed by atoms with E-state index in [-0.39, 0.29) is 17.4 Å². The molecule has 1 amide bonds. The first-order chi connectivity index (χ1) is 10.7. The van der Waals surface area contributed by atoms with Crippen LogP contribution in [0.4, 0.5) is 10.1 Å². The highest BCUT2D eigenvalue weighted by Crippen LogP contribution is 2.36. The lowest BCUT2D eigenvalue weighted by molar-refractivity contribution is -0.114. The van der Waals surface area contributed by atoms with E-state index in [1.807, 2.05) is 13.8 Å². The fraction of sp³-hybridized carbons (Fsp3) is 0.471. The molecule has 0 aliphatic heterocycles. The lowest BCUT2D eigenvalue weighted by atomic mass is 9.76. The minimum Gasteiger partial charge on any atom is -0.326 e. The Morgan fingerprint density at radius 2 is 2.00 bits per heavy atom. The number of amides is 1. The van der Waals surface area contributed by atoms with Crippen LogP contribution in [0.3, 0.4) is 0 Å². The molecule has 6 heteroatoms. The number of carbonyl (C=O) groups excluding carboxylic acids is 2. The molecule has 0 spiro atoms. The van der Waals surface area contributed by atoms with Gasteiger partial charge in [-0.15, -0.1) is 0 Å². The molecule has 1 aliphatic rings. The molecule has 1 aromatic carbocycles. The van der Waals surface area contributed by atoms with Crippen molar-refractivity contribution in [3.8, 4) is 0 Å². The topological polar surface area (TPSA) is 70.6 Å². The van der Waals surface area contributed by atoms with Crippen LogP contribution in [-0.2, 0) is 11.2 Å². The molecule has 0 fully saturated rings. The van der Waals surface area contributed by atoms with Gasteiger partial charge in [-0.1, -0.05) is 0 Å². The first-order valence-corrected chi connectivity index (χ1v) is 7.58. The average Bonchev–Trinajstić information content (AvgIpc) is 2.45. The lowest BCUT2D eigenvalue weighted by Gasteiger charge is -2.34. The molecule has 0 heterocycles. The van der Waals surface area contributed by atoms with Crippen molar-refractivity contribution in [2.45, 2.75) is 53.0 Å². The zero-order chi connectivity index (χ0) is 17.4. The Morgan fingerprint density at radius 1 is 1.35 bits per heavy atom. The molecule has 1 atom stereocenters. The van der Waals surface area contributed by atoms with Gasteiger partial charge in [-0.2, -0.15) is 5.10 Å². The van der Waals surface area contributed by atoms with Crippen molar-refractivity contribution in [3.63, 3.8) is 0 Å². The van der Waals surface area contributed by atoms with Crippen molar-refractivity contribution in [2.75, 3.05) is 5.32 Å². The van der Waals surface area contributed by atoms with Gasteiger partial charge in [-0.25, -0.2) is 4.39 Å². The van der Waals surface area contributed by atoms with Crippen LogP contribution in [-0.4, -0.2) is 22.9 Å². The Balaban J connectivity index is 2.56. The summed E-state index contributed by atoms with van der Waals surface area (Å²) in [7, 11) is 0. The van der Waals surface area contributed by atoms with E-state index in [0.717, 1.165) is 5.71 Å². The standard InChI is InChI=1S/C17H22FN3O2/c1-9(2)20-21-17(5)7-6-12-10(3)13(18)8-14(19-11(4)22)15(12)16(17)23/h8,21H,6-7H2,1-5H3,(H,19,22). The minimum atomic E-state index is -0.873. The third-order valence-corrected chi connectivity index (χ3v) is 4.09. The van der Waals surface area contributed by atoms with Gasteiger partial charge in [0.05, 0.1) is 5.69 Å². The molecule has 0 bridgehead atoms. The van der Waals surface area contributed by atoms with Crippen molar-refractivity contribution < 1.29 is 14.0 Å². The van der Waals surface area contributed by atoms with E-state index in [4.69, 9.17) is 0 Å². The second-order valence-corrected chi connectivity index (χ2v) is 6.40. The van der Waals surface area contributed by atoms with E-state index in [0.29, 0.717) is 29.5 Å². The summed E-state index contributed by atoms with van der Waals surface area (Å²) >= 11 is 0. The third-order valence-electron chi connectivity index (χ3n) is 4.09. The van der Waals surface area contributed by atoms with E-state index >= 15 is 0 Å². The molecule has 124 valence electrons. The van der Waals surface area contributed by atoms with Gasteiger partial charge in [-0.3, -0.25) is 15.0 Å². The van der Waals surface area contributed by atoms with Crippen LogP contribution >= 0.6 is 0 Å². The van der Waals surface area contributed by atoms with Gasteiger partial charge in [0, 0.05) is 18.2 Å². The number of hydrazone groups is 1. The number of benzene rings is 1. The Labute approximate surface area is 135 Å². The van der Waals surface area contributed by atoms with E-state index in [1.165, 1.54) is 13.0 Å². The predicted molar refractivity (Wildman–Crippen MR) is 88.4 cm³/mol. The highest BCUT2D eigenvalue weighted by Gasteiger charge is 2.41. The normalized spacial score (nSPS) is 19.8. The Morgan fingerprint density at radius 3 is 2.57 bits per heavy atom. The van der Waals surface area contributed by atoms with Crippen LogP contribution in [0.15, 0.2) is 11.2 Å². The van der Waals surface area contributed by atoms with Crippen LogP contribution in [0, 0.1) is 12.7 Å². The molecule has 0 aromatic heterocycles. The first-order valence-electron chi connectivity index (χ1n) is 7.58. The maximum absolute atomic E-state index is 14.1. The van der Waals surface area contributed by atoms with Crippen LogP contribution < -0.4 is 10.7 Å². The van der Waals surface area contributed by atoms with Crippen molar-refractivity contribution in [1.82, 2.24) is 5.43 Å². The molecule has 5 nitrogen and oxygen atoms in total. The van der Waals surface area contributed by atoms with E-state index < -0.39 is 11.4 Å². The summed E-state index contributed by atoms with van der Waals surface area (Å²) in [6.07, 6.45) is 1.05. The van der Waals surface area contributed by atoms with Crippen molar-refractivity contribution >= 4 is 23.1 Å². The number of Topliss-reactive ketones (excluding diaryl/α,β-unsaturated/α-hetero) is 1. The fourth-order valence-corrected chi connectivity index (χ4v) is 2.77. The minimum absolute atomic E-state index is 0.185. The molecule has 1 aliphatic carbocycles. The monoisotopic (exact) mass is 319 g/mol. The number of rotatable bonds is 3. The summed E-state index contributed by atoms with van der Waals surface area (Å²) < 4.78 is 14.1. The average molecular weight is 319 g/mol. The van der Waals surface area contributed by atoms with Crippen LogP contribution in [0.5, 0.6) is 0 Å². The van der Waals surface area contributed by atoms with E-state index in [1.54, 1.807) is 13.8 Å². The van der Waals surface area contributed by atoms with Crippen LogP contribution in [0.2, 0.25) is 0 Å². The predicted octanol–water partition coefficient (Wildman–Crippen LogP) is 2.97. The molecular formula is C17H22FN3O2. The zero-order valence-electron chi connectivity index (χ0n) is 14.1. The zero-order valence-corrected chi connectivity index (χ0v) is 14.1. The summed E-state index contributed by atoms with van der Waals surface area (Å²) in [6, 6.07) is 1.22. The highest BCUT2D eigenvalue weighted by molar-refractivity contribution is 6.11. The number of halogens is 1. The van der Waals surface area contributed by atoms with Gasteiger partial charge < -0.3 is 5.32 Å². The van der Waals surface area contributed by atoms with Gasteiger partial charge in [0.25, 0.3) is 0 Å². The summed E-state index contributed by atoms with van der Waals surface area (Å²) in [5.74, 6) is -0.944. The number of hydrogen-bond acceptors (Lipinski definition) is 4. The lowest BCUT2D eigenvalue weighted by Crippen LogP contribution is -2.50. The molecule has 2 N–H and O–H groups in total. The number of fused-ring (bicyclic) bond motifs is 1. The molecule has 2 rings (SSSR count). The number of ketones is 1. The second kappa shape index (κ2) is 6.10. The fourth-order valence-electron chi connectivity index (χ4n) is 2.77. The SMILES string of the molecule is CC(=O)Nc1cc(F)c(C)c2c1C(=O)C(C)(NN=C(C)C)CC2. The van der Waals surface area contributed by atoms with E-state index in [9.17, 15) is 14.0 Å². The first kappa shape index (κ1) is 17.1. The summed E-state index contributed by atoms with van der Waals surface area (Å²) in [5.41, 5.74) is 4.60. The summed E-state index contributed by atoms with van der Waals surface area (Å²) in [5, 5.41) is 6.73. The molecule has 23 heavy (non-hydrogen) atoms. The quantitative estimate of drug-likeness (QED) is 0.664. The number of carbonyl (C=O) groups is 2. The van der Waals surface area contributed by atoms with Gasteiger partial charge >= 0.3 is 0 Å². The van der Waals surface area contributed by atoms with Gasteiger partial charge in [-0.05, 0) is 57.7 Å². The van der Waals surface area contributed by atoms with Gasteiger partial charge in [0.15, 0.2) is 5.78 Å². The molecule has 0 radical (unpaired) electrons. The number of hydrogen-bond donors (Lipinski definition) is 2.